The Balaban J connectivity index is 2.29. The molecular weight excluding hydrogens is 187 g/mol. The Morgan fingerprint density at radius 3 is 2.71 bits per heavy atom. The monoisotopic (exact) mass is 198 g/mol. The first-order valence-electron chi connectivity index (χ1n) is 4.46. The van der Waals surface area contributed by atoms with Crippen LogP contribution in [0.3, 0.4) is 0 Å². The van der Waals surface area contributed by atoms with Crippen LogP contribution < -0.4 is 9.47 Å². The van der Waals surface area contributed by atoms with Crippen molar-refractivity contribution >= 4 is 0 Å². The summed E-state index contributed by atoms with van der Waals surface area (Å²) in [5, 5.41) is 8.65. The minimum atomic E-state index is -1.36. The Morgan fingerprint density at radius 2 is 2.00 bits per heavy atom. The van der Waals surface area contributed by atoms with Gasteiger partial charge in [0.15, 0.2) is 11.5 Å². The molecule has 0 spiro atoms. The molecule has 4 heteroatoms. The number of rotatable bonds is 2. The number of halogens is 1. The highest BCUT2D eigenvalue weighted by Gasteiger charge is 2.15. The van der Waals surface area contributed by atoms with Crippen molar-refractivity contribution in [3.05, 3.63) is 23.8 Å². The van der Waals surface area contributed by atoms with Crippen LogP contribution in [-0.4, -0.2) is 24.9 Å². The van der Waals surface area contributed by atoms with E-state index in [1.807, 2.05) is 0 Å². The molecule has 3 nitrogen and oxygen atoms in total. The Bertz CT molecular complexity index is 327. The van der Waals surface area contributed by atoms with Crippen molar-refractivity contribution < 1.29 is 19.0 Å². The van der Waals surface area contributed by atoms with Gasteiger partial charge < -0.3 is 14.6 Å². The van der Waals surface area contributed by atoms with E-state index in [4.69, 9.17) is 14.6 Å². The number of ether oxygens (including phenoxy) is 2. The summed E-state index contributed by atoms with van der Waals surface area (Å²) in [6.45, 7) is 0.484. The minimum absolute atomic E-state index is 0.414. The van der Waals surface area contributed by atoms with E-state index in [-0.39, 0.29) is 0 Å². The third-order valence-electron chi connectivity index (χ3n) is 2.09. The number of hydrogen-bond donors (Lipinski definition) is 1. The van der Waals surface area contributed by atoms with Crippen molar-refractivity contribution in [2.45, 2.75) is 6.17 Å². The zero-order valence-electron chi connectivity index (χ0n) is 7.57. The second-order valence-corrected chi connectivity index (χ2v) is 3.05. The molecule has 0 radical (unpaired) electrons. The molecule has 1 heterocycles. The molecule has 1 aromatic rings. The summed E-state index contributed by atoms with van der Waals surface area (Å²) in [6, 6.07) is 4.82. The molecule has 1 aromatic carbocycles. The minimum Gasteiger partial charge on any atom is -0.486 e. The number of fused-ring (bicyclic) bond motifs is 1. The van der Waals surface area contributed by atoms with E-state index >= 15 is 0 Å². The number of aliphatic hydroxyl groups is 1. The van der Waals surface area contributed by atoms with Crippen LogP contribution in [0.2, 0.25) is 0 Å². The smallest absolute Gasteiger partial charge is 0.161 e. The standard InChI is InChI=1S/C10H11FO3/c11-8(6-12)7-1-2-9-10(5-7)14-4-3-13-9/h1-2,5,8,12H,3-4,6H2. The van der Waals surface area contributed by atoms with E-state index in [0.29, 0.717) is 30.3 Å². The van der Waals surface area contributed by atoms with Gasteiger partial charge in [0.05, 0.1) is 6.61 Å². The van der Waals surface area contributed by atoms with Crippen LogP contribution >= 0.6 is 0 Å². The Kier molecular flexibility index (Phi) is 2.54. The first-order chi connectivity index (χ1) is 6.81. The van der Waals surface area contributed by atoms with Gasteiger partial charge in [0.2, 0.25) is 0 Å². The fraction of sp³-hybridized carbons (Fsp3) is 0.400. The molecule has 0 amide bonds. The first kappa shape index (κ1) is 9.27. The Morgan fingerprint density at radius 1 is 1.29 bits per heavy atom. The maximum absolute atomic E-state index is 13.1. The molecule has 0 aromatic heterocycles. The molecule has 1 aliphatic rings. The van der Waals surface area contributed by atoms with Crippen molar-refractivity contribution in [3.8, 4) is 11.5 Å². The molecule has 1 N–H and O–H groups in total. The van der Waals surface area contributed by atoms with Crippen LogP contribution in [0.1, 0.15) is 11.7 Å². The number of benzene rings is 1. The Hall–Kier alpha value is -1.29. The lowest BCUT2D eigenvalue weighted by atomic mass is 10.1. The average molecular weight is 198 g/mol. The maximum Gasteiger partial charge on any atom is 0.161 e. The molecule has 0 bridgehead atoms. The molecule has 0 saturated carbocycles. The highest BCUT2D eigenvalue weighted by atomic mass is 19.1. The number of alkyl halides is 1. The lowest BCUT2D eigenvalue weighted by Gasteiger charge is -2.19. The summed E-state index contributed by atoms with van der Waals surface area (Å²) in [7, 11) is 0. The number of hydrogen-bond acceptors (Lipinski definition) is 3. The highest BCUT2D eigenvalue weighted by molar-refractivity contribution is 5.44. The van der Waals surface area contributed by atoms with Crippen LogP contribution in [0.15, 0.2) is 18.2 Å². The van der Waals surface area contributed by atoms with Gasteiger partial charge in [0.1, 0.15) is 19.4 Å². The normalized spacial score (nSPS) is 16.4. The third-order valence-corrected chi connectivity index (χ3v) is 2.09. The topological polar surface area (TPSA) is 38.7 Å². The van der Waals surface area contributed by atoms with E-state index in [2.05, 4.69) is 0 Å². The molecule has 76 valence electrons. The van der Waals surface area contributed by atoms with Gasteiger partial charge in [-0.1, -0.05) is 6.07 Å². The van der Waals surface area contributed by atoms with Crippen LogP contribution in [-0.2, 0) is 0 Å². The molecule has 1 aliphatic heterocycles. The van der Waals surface area contributed by atoms with Crippen LogP contribution in [0.5, 0.6) is 11.5 Å². The van der Waals surface area contributed by atoms with Crippen molar-refractivity contribution in [3.63, 3.8) is 0 Å². The predicted octanol–water partition coefficient (Wildman–Crippen LogP) is 1.46. The van der Waals surface area contributed by atoms with E-state index in [1.54, 1.807) is 18.2 Å². The largest absolute Gasteiger partial charge is 0.486 e. The molecule has 2 rings (SSSR count). The molecule has 14 heavy (non-hydrogen) atoms. The van der Waals surface area contributed by atoms with Gasteiger partial charge >= 0.3 is 0 Å². The summed E-state index contributed by atoms with van der Waals surface area (Å²) in [5.41, 5.74) is 0.414. The molecule has 0 saturated heterocycles. The van der Waals surface area contributed by atoms with Crippen molar-refractivity contribution in [2.24, 2.45) is 0 Å². The lowest BCUT2D eigenvalue weighted by molar-refractivity contribution is 0.166. The SMILES string of the molecule is OCC(F)c1ccc2c(c1)OCCO2. The predicted molar refractivity (Wildman–Crippen MR) is 48.4 cm³/mol. The fourth-order valence-corrected chi connectivity index (χ4v) is 1.36. The fourth-order valence-electron chi connectivity index (χ4n) is 1.36. The highest BCUT2D eigenvalue weighted by Crippen LogP contribution is 2.33. The molecule has 1 atom stereocenters. The van der Waals surface area contributed by atoms with Gasteiger partial charge in [-0.05, 0) is 17.7 Å². The van der Waals surface area contributed by atoms with Gasteiger partial charge in [-0.25, -0.2) is 4.39 Å². The average Bonchev–Trinajstić information content (AvgIpc) is 2.27. The molecular formula is C10H11FO3. The van der Waals surface area contributed by atoms with Gasteiger partial charge in [-0.15, -0.1) is 0 Å². The van der Waals surface area contributed by atoms with Crippen molar-refractivity contribution in [2.75, 3.05) is 19.8 Å². The first-order valence-corrected chi connectivity index (χ1v) is 4.46. The van der Waals surface area contributed by atoms with Crippen molar-refractivity contribution in [1.29, 1.82) is 0 Å². The second kappa shape index (κ2) is 3.84. The van der Waals surface area contributed by atoms with Gasteiger partial charge in [0, 0.05) is 0 Å². The Labute approximate surface area is 81.1 Å². The second-order valence-electron chi connectivity index (χ2n) is 3.05. The molecule has 0 fully saturated rings. The van der Waals surface area contributed by atoms with Crippen LogP contribution in [0.4, 0.5) is 4.39 Å². The quantitative estimate of drug-likeness (QED) is 0.781. The van der Waals surface area contributed by atoms with E-state index in [1.165, 1.54) is 0 Å². The van der Waals surface area contributed by atoms with Crippen LogP contribution in [0, 0.1) is 0 Å². The zero-order valence-corrected chi connectivity index (χ0v) is 7.57. The van der Waals surface area contributed by atoms with Crippen molar-refractivity contribution in [1.82, 2.24) is 0 Å². The zero-order chi connectivity index (χ0) is 9.97. The summed E-state index contributed by atoms with van der Waals surface area (Å²) in [5.74, 6) is 1.18. The molecule has 1 unspecified atom stereocenters. The van der Waals surface area contributed by atoms with E-state index in [9.17, 15) is 4.39 Å². The number of aliphatic hydroxyl groups excluding tert-OH is 1. The van der Waals surface area contributed by atoms with Gasteiger partial charge in [-0.3, -0.25) is 0 Å². The summed E-state index contributed by atoms with van der Waals surface area (Å²) >= 11 is 0. The lowest BCUT2D eigenvalue weighted by Crippen LogP contribution is -2.15. The third kappa shape index (κ3) is 1.65. The van der Waals surface area contributed by atoms with E-state index in [0.717, 1.165) is 0 Å². The summed E-state index contributed by atoms with van der Waals surface area (Å²) in [6.07, 6.45) is -1.36. The summed E-state index contributed by atoms with van der Waals surface area (Å²) < 4.78 is 23.7. The van der Waals surface area contributed by atoms with E-state index < -0.39 is 12.8 Å². The van der Waals surface area contributed by atoms with Gasteiger partial charge in [0.25, 0.3) is 0 Å². The van der Waals surface area contributed by atoms with Crippen LogP contribution in [0.25, 0.3) is 0 Å². The summed E-state index contributed by atoms with van der Waals surface area (Å²) in [4.78, 5) is 0. The molecule has 0 aliphatic carbocycles. The maximum atomic E-state index is 13.1. The van der Waals surface area contributed by atoms with Gasteiger partial charge in [-0.2, -0.15) is 0 Å².